The highest BCUT2D eigenvalue weighted by molar-refractivity contribution is 5.94. The van der Waals surface area contributed by atoms with Crippen molar-refractivity contribution >= 4 is 11.8 Å². The minimum atomic E-state index is -0.112. The second-order valence-corrected chi connectivity index (χ2v) is 8.66. The van der Waals surface area contributed by atoms with E-state index in [9.17, 15) is 9.59 Å². The van der Waals surface area contributed by atoms with Gasteiger partial charge in [0.25, 0.3) is 0 Å². The molecule has 2 fully saturated rings. The molecular formula is C23H30N4O2. The first-order valence-corrected chi connectivity index (χ1v) is 10.6. The van der Waals surface area contributed by atoms with Crippen LogP contribution in [0.3, 0.4) is 0 Å². The molecule has 0 N–H and O–H groups in total. The average Bonchev–Trinajstić information content (AvgIpc) is 3.43. The highest BCUT2D eigenvalue weighted by Gasteiger charge is 2.43. The third-order valence-corrected chi connectivity index (χ3v) is 6.56. The summed E-state index contributed by atoms with van der Waals surface area (Å²) in [5.41, 5.74) is 3.01. The van der Waals surface area contributed by atoms with Crippen LogP contribution in [0.25, 0.3) is 0 Å². The van der Waals surface area contributed by atoms with Crippen LogP contribution in [0.1, 0.15) is 47.8 Å². The molecule has 3 atom stereocenters. The summed E-state index contributed by atoms with van der Waals surface area (Å²) in [7, 11) is 2.21. The first kappa shape index (κ1) is 19.8. The van der Waals surface area contributed by atoms with Gasteiger partial charge in [0, 0.05) is 38.3 Å². The van der Waals surface area contributed by atoms with Crippen molar-refractivity contribution in [3.05, 3.63) is 53.3 Å². The van der Waals surface area contributed by atoms with Crippen LogP contribution in [-0.4, -0.2) is 57.6 Å². The predicted molar refractivity (Wildman–Crippen MR) is 112 cm³/mol. The number of carbonyl (C=O) groups is 2. The third kappa shape index (κ3) is 4.13. The summed E-state index contributed by atoms with van der Waals surface area (Å²) in [6.45, 7) is 6.46. The van der Waals surface area contributed by atoms with Crippen LogP contribution in [0.2, 0.25) is 0 Å². The van der Waals surface area contributed by atoms with Crippen molar-refractivity contribution < 1.29 is 9.59 Å². The number of rotatable bonds is 5. The van der Waals surface area contributed by atoms with Crippen molar-refractivity contribution in [1.29, 1.82) is 0 Å². The number of fused-ring (bicyclic) bond motifs is 1. The maximum Gasteiger partial charge on any atom is 0.344 e. The molecule has 154 valence electrons. The van der Waals surface area contributed by atoms with Gasteiger partial charge in [0.2, 0.25) is 0 Å². The smallest absolute Gasteiger partial charge is 0.322 e. The number of hydrogen-bond acceptors (Lipinski definition) is 4. The highest BCUT2D eigenvalue weighted by Crippen LogP contribution is 2.40. The van der Waals surface area contributed by atoms with Gasteiger partial charge in [-0.3, -0.25) is 9.69 Å². The van der Waals surface area contributed by atoms with Crippen LogP contribution in [0.4, 0.5) is 4.79 Å². The number of nitrogens with zero attached hydrogens (tertiary/aromatic N) is 4. The number of aromatic nitrogens is 2. The monoisotopic (exact) mass is 394 g/mol. The largest absolute Gasteiger partial charge is 0.344 e. The van der Waals surface area contributed by atoms with Crippen LogP contribution in [0.15, 0.2) is 36.5 Å². The number of Topliss-reactive ketones (excluding diaryl/α,β-unsaturated/α-hetero) is 1. The number of likely N-dealkylation sites (tertiary alicyclic amines) is 1. The molecule has 1 aromatic heterocycles. The van der Waals surface area contributed by atoms with Gasteiger partial charge in [-0.15, -0.1) is 0 Å². The van der Waals surface area contributed by atoms with E-state index in [2.05, 4.69) is 48.2 Å². The average molecular weight is 395 g/mol. The Balaban J connectivity index is 1.32. The van der Waals surface area contributed by atoms with Crippen LogP contribution >= 0.6 is 0 Å². The van der Waals surface area contributed by atoms with E-state index in [1.807, 2.05) is 4.90 Å². The maximum atomic E-state index is 12.8. The molecule has 6 heteroatoms. The van der Waals surface area contributed by atoms with Crippen LogP contribution in [0.5, 0.6) is 0 Å². The lowest BCUT2D eigenvalue weighted by Crippen LogP contribution is -2.36. The van der Waals surface area contributed by atoms with Crippen LogP contribution in [-0.2, 0) is 6.54 Å². The van der Waals surface area contributed by atoms with E-state index in [-0.39, 0.29) is 11.8 Å². The number of carbonyl (C=O) groups excluding carboxylic acids is 2. The summed E-state index contributed by atoms with van der Waals surface area (Å²) >= 11 is 0. The molecule has 1 saturated heterocycles. The van der Waals surface area contributed by atoms with Crippen molar-refractivity contribution in [2.45, 2.75) is 45.7 Å². The fourth-order valence-corrected chi connectivity index (χ4v) is 4.80. The van der Waals surface area contributed by atoms with Gasteiger partial charge < -0.3 is 4.90 Å². The number of amides is 1. The summed E-state index contributed by atoms with van der Waals surface area (Å²) in [5.74, 6) is 1.07. The van der Waals surface area contributed by atoms with Crippen molar-refractivity contribution in [3.8, 4) is 0 Å². The number of hydrogen-bond donors (Lipinski definition) is 0. The molecule has 2 heterocycles. The van der Waals surface area contributed by atoms with E-state index < -0.39 is 0 Å². The minimum Gasteiger partial charge on any atom is -0.322 e. The first-order valence-electron chi connectivity index (χ1n) is 10.6. The van der Waals surface area contributed by atoms with Crippen molar-refractivity contribution in [2.75, 3.05) is 20.1 Å². The van der Waals surface area contributed by atoms with E-state index >= 15 is 0 Å². The fourth-order valence-electron chi connectivity index (χ4n) is 4.80. The highest BCUT2D eigenvalue weighted by atomic mass is 16.2. The molecular weight excluding hydrogens is 364 g/mol. The van der Waals surface area contributed by atoms with Gasteiger partial charge >= 0.3 is 6.03 Å². The molecule has 29 heavy (non-hydrogen) atoms. The standard InChI is InChI=1S/C23H30N4O2/c1-4-22(28)21-9-10-27(24-21)23(29)26-14-18-11-20(12-19(18)15-26)25(3)13-17-7-5-16(2)6-8-17/h5-10,18-20H,4,11-15H2,1-3H3/t18-,19+,20?. The molecule has 4 rings (SSSR count). The van der Waals surface area contributed by atoms with E-state index in [4.69, 9.17) is 0 Å². The Morgan fingerprint density at radius 1 is 1.10 bits per heavy atom. The number of ketones is 1. The molecule has 1 aromatic carbocycles. The molecule has 1 amide bonds. The van der Waals surface area contributed by atoms with Gasteiger partial charge in [-0.25, -0.2) is 4.79 Å². The zero-order valence-corrected chi connectivity index (χ0v) is 17.5. The lowest BCUT2D eigenvalue weighted by Gasteiger charge is -2.26. The maximum absolute atomic E-state index is 12.8. The molecule has 1 unspecified atom stereocenters. The number of benzene rings is 1. The summed E-state index contributed by atoms with van der Waals surface area (Å²) in [4.78, 5) is 28.9. The quantitative estimate of drug-likeness (QED) is 0.727. The van der Waals surface area contributed by atoms with Gasteiger partial charge in [0.05, 0.1) is 0 Å². The Labute approximate surface area is 172 Å². The summed E-state index contributed by atoms with van der Waals surface area (Å²) in [6.07, 6.45) is 4.28. The molecule has 6 nitrogen and oxygen atoms in total. The van der Waals surface area contributed by atoms with Crippen molar-refractivity contribution in [2.24, 2.45) is 11.8 Å². The SMILES string of the molecule is CCC(=O)c1ccn(C(=O)N2C[C@H]3CC(N(C)Cc4ccc(C)cc4)C[C@H]3C2)n1. The molecule has 0 spiro atoms. The van der Waals surface area contributed by atoms with Crippen molar-refractivity contribution in [3.63, 3.8) is 0 Å². The summed E-state index contributed by atoms with van der Waals surface area (Å²) in [6, 6.07) is 10.9. The molecule has 1 aliphatic carbocycles. The third-order valence-electron chi connectivity index (χ3n) is 6.56. The van der Waals surface area contributed by atoms with Gasteiger partial charge in [0.15, 0.2) is 5.78 Å². The first-order chi connectivity index (χ1) is 13.9. The fraction of sp³-hybridized carbons (Fsp3) is 0.522. The minimum absolute atomic E-state index is 0.0331. The van der Waals surface area contributed by atoms with Crippen LogP contribution in [0, 0.1) is 18.8 Å². The van der Waals surface area contributed by atoms with Gasteiger partial charge in [-0.2, -0.15) is 9.78 Å². The lowest BCUT2D eigenvalue weighted by molar-refractivity contribution is 0.0983. The van der Waals surface area contributed by atoms with E-state index in [0.717, 1.165) is 32.5 Å². The summed E-state index contributed by atoms with van der Waals surface area (Å²) in [5, 5.41) is 4.18. The van der Waals surface area contributed by atoms with Crippen molar-refractivity contribution in [1.82, 2.24) is 19.6 Å². The Morgan fingerprint density at radius 2 is 1.76 bits per heavy atom. The van der Waals surface area contributed by atoms with E-state index in [0.29, 0.717) is 30.0 Å². The Morgan fingerprint density at radius 3 is 2.38 bits per heavy atom. The topological polar surface area (TPSA) is 58.4 Å². The molecule has 1 saturated carbocycles. The second-order valence-electron chi connectivity index (χ2n) is 8.66. The Bertz CT molecular complexity index is 875. The Kier molecular flexibility index (Phi) is 5.54. The second kappa shape index (κ2) is 8.11. The van der Waals surface area contributed by atoms with E-state index in [1.165, 1.54) is 15.8 Å². The number of aryl methyl sites for hydroxylation is 1. The normalized spacial score (nSPS) is 23.6. The van der Waals surface area contributed by atoms with Crippen LogP contribution < -0.4 is 0 Å². The van der Waals surface area contributed by atoms with Gasteiger partial charge in [0.1, 0.15) is 5.69 Å². The van der Waals surface area contributed by atoms with Gasteiger partial charge in [-0.1, -0.05) is 36.8 Å². The zero-order chi connectivity index (χ0) is 20.5. The zero-order valence-electron chi connectivity index (χ0n) is 17.5. The molecule has 1 aliphatic heterocycles. The molecule has 0 bridgehead atoms. The molecule has 0 radical (unpaired) electrons. The molecule has 2 aromatic rings. The Hall–Kier alpha value is -2.47. The lowest BCUT2D eigenvalue weighted by atomic mass is 10.0. The van der Waals surface area contributed by atoms with E-state index in [1.54, 1.807) is 19.2 Å². The van der Waals surface area contributed by atoms with Gasteiger partial charge in [-0.05, 0) is 50.3 Å². The molecule has 2 aliphatic rings. The summed E-state index contributed by atoms with van der Waals surface area (Å²) < 4.78 is 1.32. The predicted octanol–water partition coefficient (Wildman–Crippen LogP) is 3.59.